The molecule has 1 aromatic heterocycles. The van der Waals surface area contributed by atoms with E-state index in [1.54, 1.807) is 24.2 Å². The lowest BCUT2D eigenvalue weighted by Crippen LogP contribution is -2.69. The van der Waals surface area contributed by atoms with Gasteiger partial charge < -0.3 is 10.1 Å². The average molecular weight is 363 g/mol. The Hall–Kier alpha value is -2.00. The first-order chi connectivity index (χ1) is 11.6. The summed E-state index contributed by atoms with van der Waals surface area (Å²) < 4.78 is 4.99. The van der Waals surface area contributed by atoms with Crippen LogP contribution in [0, 0.1) is 0 Å². The Kier molecular flexibility index (Phi) is 3.97. The summed E-state index contributed by atoms with van der Waals surface area (Å²) in [6, 6.07) is 3.09. The minimum absolute atomic E-state index is 0.229. The van der Waals surface area contributed by atoms with E-state index in [2.05, 4.69) is 10.3 Å². The highest BCUT2D eigenvalue weighted by atomic mass is 32.2. The Morgan fingerprint density at radius 2 is 2.21 bits per heavy atom. The first-order valence-corrected chi connectivity index (χ1v) is 9.34. The molecule has 24 heavy (non-hydrogen) atoms. The molecule has 0 spiro atoms. The number of hydrogen-bond donors (Lipinski definition) is 1. The van der Waals surface area contributed by atoms with Crippen LogP contribution in [0.3, 0.4) is 0 Å². The van der Waals surface area contributed by atoms with Crippen molar-refractivity contribution in [1.29, 1.82) is 0 Å². The Labute approximate surface area is 146 Å². The fourth-order valence-corrected chi connectivity index (χ4v) is 4.83. The van der Waals surface area contributed by atoms with Gasteiger partial charge in [0.15, 0.2) is 0 Å². The fourth-order valence-electron chi connectivity index (χ4n) is 2.80. The van der Waals surface area contributed by atoms with Crippen molar-refractivity contribution >= 4 is 40.6 Å². The van der Waals surface area contributed by atoms with Gasteiger partial charge in [0.1, 0.15) is 23.7 Å². The molecule has 0 aromatic carbocycles. The zero-order valence-electron chi connectivity index (χ0n) is 12.4. The minimum Gasteiger partial charge on any atom is -0.456 e. The van der Waals surface area contributed by atoms with Gasteiger partial charge >= 0.3 is 5.97 Å². The number of amides is 2. The van der Waals surface area contributed by atoms with Crippen LogP contribution in [0.5, 0.6) is 0 Å². The Bertz CT molecular complexity index is 752. The van der Waals surface area contributed by atoms with Crippen molar-refractivity contribution in [3.63, 3.8) is 0 Å². The highest BCUT2D eigenvalue weighted by Crippen LogP contribution is 2.42. The number of fused-ring (bicyclic) bond motifs is 2. The molecule has 1 N–H and O–H groups in total. The second kappa shape index (κ2) is 6.14. The van der Waals surface area contributed by atoms with Crippen molar-refractivity contribution in [2.45, 2.75) is 17.2 Å². The first-order valence-electron chi connectivity index (χ1n) is 7.31. The summed E-state index contributed by atoms with van der Waals surface area (Å²) in [4.78, 5) is 41.6. The summed E-state index contributed by atoms with van der Waals surface area (Å²) in [6.45, 7) is 0.260. The number of pyridine rings is 1. The van der Waals surface area contributed by atoms with Crippen molar-refractivity contribution in [2.75, 3.05) is 12.4 Å². The van der Waals surface area contributed by atoms with Crippen LogP contribution in [0.1, 0.15) is 5.56 Å². The predicted molar refractivity (Wildman–Crippen MR) is 88.9 cm³/mol. The maximum atomic E-state index is 12.3. The van der Waals surface area contributed by atoms with Gasteiger partial charge in [-0.3, -0.25) is 19.5 Å². The molecular weight excluding hydrogens is 350 g/mol. The van der Waals surface area contributed by atoms with E-state index < -0.39 is 12.0 Å². The van der Waals surface area contributed by atoms with E-state index in [0.717, 1.165) is 22.9 Å². The van der Waals surface area contributed by atoms with Crippen LogP contribution < -0.4 is 5.32 Å². The third-order valence-electron chi connectivity index (χ3n) is 4.01. The monoisotopic (exact) mass is 363 g/mol. The third-order valence-corrected chi connectivity index (χ3v) is 6.21. The van der Waals surface area contributed by atoms with Crippen LogP contribution in [0.2, 0.25) is 0 Å². The van der Waals surface area contributed by atoms with Crippen LogP contribution >= 0.6 is 23.5 Å². The lowest BCUT2D eigenvalue weighted by Gasteiger charge is -2.48. The van der Waals surface area contributed by atoms with Crippen LogP contribution in [0.4, 0.5) is 4.79 Å². The van der Waals surface area contributed by atoms with E-state index in [4.69, 9.17) is 4.74 Å². The molecule has 9 heteroatoms. The largest absolute Gasteiger partial charge is 0.456 e. The summed E-state index contributed by atoms with van der Waals surface area (Å²) >= 11 is 2.65. The standard InChI is InChI=1S/C15H13N3O4S2/c19-12-10(17-15(21)24-6-8-1-3-16-4-2-8)13-18(12)11-9(7-23-13)5-22-14(11)20/h1-4,10,13H,5-7H2,(H,17,21)/t10-,13-/m1/s1. The molecule has 1 fully saturated rings. The smallest absolute Gasteiger partial charge is 0.355 e. The molecule has 3 aliphatic rings. The molecule has 0 bridgehead atoms. The maximum Gasteiger partial charge on any atom is 0.355 e. The number of β-lactam (4-membered cyclic amide) rings is 1. The van der Waals surface area contributed by atoms with E-state index in [0.29, 0.717) is 17.2 Å². The summed E-state index contributed by atoms with van der Waals surface area (Å²) in [5, 5.41) is 2.27. The molecule has 7 nitrogen and oxygen atoms in total. The lowest BCUT2D eigenvalue weighted by atomic mass is 10.0. The van der Waals surface area contributed by atoms with Crippen LogP contribution in [0.25, 0.3) is 0 Å². The zero-order chi connectivity index (χ0) is 16.7. The van der Waals surface area contributed by atoms with E-state index in [-0.39, 0.29) is 23.1 Å². The highest BCUT2D eigenvalue weighted by Gasteiger charge is 2.55. The zero-order valence-corrected chi connectivity index (χ0v) is 14.1. The van der Waals surface area contributed by atoms with Crippen molar-refractivity contribution < 1.29 is 19.1 Å². The summed E-state index contributed by atoms with van der Waals surface area (Å²) in [5.74, 6) is 0.460. The van der Waals surface area contributed by atoms with Crippen LogP contribution in [-0.2, 0) is 20.1 Å². The van der Waals surface area contributed by atoms with Gasteiger partial charge in [-0.25, -0.2) is 4.79 Å². The Morgan fingerprint density at radius 3 is 3.00 bits per heavy atom. The number of ether oxygens (including phenoxy) is 1. The molecule has 1 aromatic rings. The number of nitrogens with zero attached hydrogens (tertiary/aromatic N) is 2. The average Bonchev–Trinajstić information content (AvgIpc) is 2.98. The van der Waals surface area contributed by atoms with E-state index in [1.807, 2.05) is 12.1 Å². The number of hydrogen-bond acceptors (Lipinski definition) is 7. The number of nitrogens with one attached hydrogen (secondary N) is 1. The SMILES string of the molecule is O=C(N[C@@H]1C(=O)N2C3=C(COC3=O)CS[C@H]12)SCc1ccncc1. The molecule has 0 saturated carbocycles. The number of rotatable bonds is 3. The molecule has 4 heterocycles. The van der Waals surface area contributed by atoms with Gasteiger partial charge in [0.05, 0.1) is 0 Å². The number of aromatic nitrogens is 1. The van der Waals surface area contributed by atoms with Crippen molar-refractivity contribution in [3.8, 4) is 0 Å². The maximum absolute atomic E-state index is 12.3. The molecule has 2 atom stereocenters. The Morgan fingerprint density at radius 1 is 1.42 bits per heavy atom. The number of thioether (sulfide) groups is 2. The second-order valence-corrected chi connectivity index (χ2v) is 7.54. The van der Waals surface area contributed by atoms with Gasteiger partial charge in [0, 0.05) is 29.5 Å². The lowest BCUT2D eigenvalue weighted by molar-refractivity contribution is -0.148. The Balaban J connectivity index is 1.36. The number of esters is 1. The summed E-state index contributed by atoms with van der Waals surface area (Å²) in [5.41, 5.74) is 2.22. The van der Waals surface area contributed by atoms with Gasteiger partial charge in [-0.15, -0.1) is 11.8 Å². The second-order valence-electron chi connectivity index (χ2n) is 5.49. The predicted octanol–water partition coefficient (Wildman–Crippen LogP) is 1.12. The van der Waals surface area contributed by atoms with Crippen LogP contribution in [-0.4, -0.2) is 50.8 Å². The molecule has 2 amide bonds. The summed E-state index contributed by atoms with van der Waals surface area (Å²) in [6.07, 6.45) is 3.34. The summed E-state index contributed by atoms with van der Waals surface area (Å²) in [7, 11) is 0. The van der Waals surface area contributed by atoms with E-state index in [1.165, 1.54) is 4.90 Å². The van der Waals surface area contributed by atoms with Crippen LogP contribution in [0.15, 0.2) is 35.8 Å². The van der Waals surface area contributed by atoms with Gasteiger partial charge in [-0.1, -0.05) is 11.8 Å². The first kappa shape index (κ1) is 15.5. The van der Waals surface area contributed by atoms with Crippen molar-refractivity contribution in [3.05, 3.63) is 41.4 Å². The van der Waals surface area contributed by atoms with Gasteiger partial charge in [-0.05, 0) is 17.7 Å². The topological polar surface area (TPSA) is 88.6 Å². The molecule has 4 rings (SSSR count). The molecule has 0 unspecified atom stereocenters. The number of cyclic esters (lactones) is 1. The normalized spacial score (nSPS) is 24.9. The molecule has 1 saturated heterocycles. The molecule has 124 valence electrons. The molecule has 0 radical (unpaired) electrons. The van der Waals surface area contributed by atoms with E-state index in [9.17, 15) is 14.4 Å². The number of carbonyl (C=O) groups is 3. The third kappa shape index (κ3) is 2.57. The molecule has 3 aliphatic heterocycles. The van der Waals surface area contributed by atoms with Crippen molar-refractivity contribution in [2.24, 2.45) is 0 Å². The highest BCUT2D eigenvalue weighted by molar-refractivity contribution is 8.12. The fraction of sp³-hybridized carbons (Fsp3) is 0.333. The number of carbonyl (C=O) groups excluding carboxylic acids is 3. The van der Waals surface area contributed by atoms with Crippen molar-refractivity contribution in [1.82, 2.24) is 15.2 Å². The van der Waals surface area contributed by atoms with Gasteiger partial charge in [-0.2, -0.15) is 0 Å². The van der Waals surface area contributed by atoms with E-state index >= 15 is 0 Å². The quantitative estimate of drug-likeness (QED) is 0.636. The molecule has 0 aliphatic carbocycles. The van der Waals surface area contributed by atoms with Gasteiger partial charge in [0.25, 0.3) is 11.1 Å². The molecular formula is C15H13N3O4S2. The van der Waals surface area contributed by atoms with Gasteiger partial charge in [0.2, 0.25) is 0 Å². The minimum atomic E-state index is -0.588.